The molecule has 2 rings (SSSR count). The molecule has 0 atom stereocenters. The Labute approximate surface area is 88.7 Å². The Balaban J connectivity index is 2.26. The maximum atomic E-state index is 12.4. The van der Waals surface area contributed by atoms with E-state index in [9.17, 15) is 13.2 Å². The van der Waals surface area contributed by atoms with Crippen molar-refractivity contribution in [2.45, 2.75) is 12.7 Å². The Bertz CT molecular complexity index is 463. The van der Waals surface area contributed by atoms with Crippen molar-refractivity contribution in [1.29, 1.82) is 0 Å². The van der Waals surface area contributed by atoms with Crippen LogP contribution in [0.1, 0.15) is 11.4 Å². The highest BCUT2D eigenvalue weighted by Crippen LogP contribution is 2.22. The second-order valence-corrected chi connectivity index (χ2v) is 3.14. The van der Waals surface area contributed by atoms with Gasteiger partial charge in [0.1, 0.15) is 0 Å². The molecule has 0 aliphatic carbocycles. The summed E-state index contributed by atoms with van der Waals surface area (Å²) in [4.78, 5) is 0. The normalized spacial score (nSPS) is 11.7. The van der Waals surface area contributed by atoms with E-state index in [2.05, 4.69) is 15.5 Å². The third-order valence-electron chi connectivity index (χ3n) is 1.98. The van der Waals surface area contributed by atoms with Crippen molar-refractivity contribution in [3.05, 3.63) is 41.7 Å². The molecule has 0 saturated carbocycles. The van der Waals surface area contributed by atoms with Crippen molar-refractivity contribution in [1.82, 2.24) is 20.2 Å². The minimum atomic E-state index is -4.58. The zero-order valence-electron chi connectivity index (χ0n) is 8.02. The van der Waals surface area contributed by atoms with Gasteiger partial charge in [-0.15, -0.1) is 23.0 Å². The predicted molar refractivity (Wildman–Crippen MR) is 48.4 cm³/mol. The van der Waals surface area contributed by atoms with Crippen LogP contribution in [0.15, 0.2) is 30.3 Å². The van der Waals surface area contributed by atoms with Crippen LogP contribution in [0.5, 0.6) is 0 Å². The number of hydrogen-bond donors (Lipinski definition) is 0. The number of halogens is 3. The van der Waals surface area contributed by atoms with Crippen LogP contribution in [0.2, 0.25) is 0 Å². The van der Waals surface area contributed by atoms with Gasteiger partial charge in [-0.3, -0.25) is 0 Å². The molecule has 16 heavy (non-hydrogen) atoms. The van der Waals surface area contributed by atoms with Gasteiger partial charge in [-0.1, -0.05) is 30.3 Å². The summed E-state index contributed by atoms with van der Waals surface area (Å²) in [6.07, 6.45) is -4.53. The van der Waals surface area contributed by atoms with E-state index in [4.69, 9.17) is 0 Å². The Morgan fingerprint density at radius 1 is 1.12 bits per heavy atom. The monoisotopic (exact) mass is 228 g/mol. The van der Waals surface area contributed by atoms with E-state index in [-0.39, 0.29) is 16.9 Å². The van der Waals surface area contributed by atoms with E-state index in [1.165, 1.54) is 0 Å². The lowest BCUT2D eigenvalue weighted by molar-refractivity contribution is -0.214. The first-order valence-electron chi connectivity index (χ1n) is 4.46. The lowest BCUT2D eigenvalue weighted by Crippen LogP contribution is -2.21. The van der Waals surface area contributed by atoms with Gasteiger partial charge in [0.15, 0.2) is 5.82 Å². The molecule has 1 aromatic heterocycles. The summed E-state index contributed by atoms with van der Waals surface area (Å²) in [5.41, 5.74) is 0.725. The molecule has 0 amide bonds. The largest absolute Gasteiger partial charge is 0.507 e. The standard InChI is InChI=1S/C9H7F3N4/c10-9(11,12)16-8(13-14-15-16)6-7-4-2-1-3-5-7/h1-5H,6H2. The van der Waals surface area contributed by atoms with Crippen LogP contribution in [-0.4, -0.2) is 20.2 Å². The van der Waals surface area contributed by atoms with Crippen LogP contribution in [-0.2, 0) is 12.7 Å². The van der Waals surface area contributed by atoms with Gasteiger partial charge in [-0.25, -0.2) is 0 Å². The predicted octanol–water partition coefficient (Wildman–Crippen LogP) is 1.74. The number of nitrogens with zero attached hydrogens (tertiary/aromatic N) is 4. The van der Waals surface area contributed by atoms with Gasteiger partial charge in [-0.05, 0) is 16.0 Å². The third kappa shape index (κ3) is 2.18. The summed E-state index contributed by atoms with van der Waals surface area (Å²) in [6.45, 7) is 0. The number of rotatable bonds is 2. The molecule has 0 radical (unpaired) electrons. The summed E-state index contributed by atoms with van der Waals surface area (Å²) in [6, 6.07) is 8.72. The third-order valence-corrected chi connectivity index (χ3v) is 1.98. The van der Waals surface area contributed by atoms with E-state index < -0.39 is 6.30 Å². The lowest BCUT2D eigenvalue weighted by Gasteiger charge is -2.07. The average Bonchev–Trinajstić information content (AvgIpc) is 2.67. The first-order valence-corrected chi connectivity index (χ1v) is 4.46. The van der Waals surface area contributed by atoms with E-state index in [0.29, 0.717) is 0 Å². The quantitative estimate of drug-likeness (QED) is 0.786. The molecular formula is C9H7F3N4. The molecule has 7 heteroatoms. The first-order chi connectivity index (χ1) is 7.57. The van der Waals surface area contributed by atoms with Crippen LogP contribution >= 0.6 is 0 Å². The molecule has 1 aromatic carbocycles. The number of aromatic nitrogens is 4. The van der Waals surface area contributed by atoms with Gasteiger partial charge in [0.2, 0.25) is 0 Å². The highest BCUT2D eigenvalue weighted by atomic mass is 19.4. The second kappa shape index (κ2) is 3.92. The Hall–Kier alpha value is -1.92. The van der Waals surface area contributed by atoms with E-state index in [1.54, 1.807) is 30.3 Å². The fourth-order valence-corrected chi connectivity index (χ4v) is 1.29. The fraction of sp³-hybridized carbons (Fsp3) is 0.222. The molecule has 0 aliphatic heterocycles. The molecule has 0 unspecified atom stereocenters. The minimum absolute atomic E-state index is 0.0490. The maximum Gasteiger partial charge on any atom is 0.507 e. The minimum Gasteiger partial charge on any atom is -0.149 e. The van der Waals surface area contributed by atoms with Crippen molar-refractivity contribution in [3.8, 4) is 0 Å². The van der Waals surface area contributed by atoms with Crippen molar-refractivity contribution < 1.29 is 13.2 Å². The Morgan fingerprint density at radius 3 is 2.44 bits per heavy atom. The molecule has 0 spiro atoms. The molecule has 0 fully saturated rings. The molecule has 0 bridgehead atoms. The highest BCUT2D eigenvalue weighted by Gasteiger charge is 2.35. The van der Waals surface area contributed by atoms with E-state index >= 15 is 0 Å². The topological polar surface area (TPSA) is 43.6 Å². The smallest absolute Gasteiger partial charge is 0.149 e. The summed E-state index contributed by atoms with van der Waals surface area (Å²) in [7, 11) is 0. The molecule has 84 valence electrons. The van der Waals surface area contributed by atoms with Gasteiger partial charge < -0.3 is 0 Å². The molecule has 1 heterocycles. The molecule has 2 aromatic rings. The van der Waals surface area contributed by atoms with Crippen molar-refractivity contribution in [2.75, 3.05) is 0 Å². The van der Waals surface area contributed by atoms with Crippen molar-refractivity contribution in [2.24, 2.45) is 0 Å². The van der Waals surface area contributed by atoms with E-state index in [0.717, 1.165) is 5.56 Å². The summed E-state index contributed by atoms with van der Waals surface area (Å²) >= 11 is 0. The molecular weight excluding hydrogens is 221 g/mol. The molecule has 4 nitrogen and oxygen atoms in total. The summed E-state index contributed by atoms with van der Waals surface area (Å²) in [5, 5.41) is 9.30. The molecule has 0 N–H and O–H groups in total. The first kappa shape index (κ1) is 10.6. The number of alkyl halides is 3. The summed E-state index contributed by atoms with van der Waals surface area (Å²) in [5.74, 6) is -0.223. The van der Waals surface area contributed by atoms with Crippen LogP contribution in [0.25, 0.3) is 0 Å². The summed E-state index contributed by atoms with van der Waals surface area (Å²) < 4.78 is 37.1. The molecule has 0 saturated heterocycles. The van der Waals surface area contributed by atoms with Gasteiger partial charge >= 0.3 is 6.30 Å². The second-order valence-electron chi connectivity index (χ2n) is 3.14. The lowest BCUT2D eigenvalue weighted by atomic mass is 10.1. The SMILES string of the molecule is FC(F)(F)n1nnnc1Cc1ccccc1. The van der Waals surface area contributed by atoms with Crippen molar-refractivity contribution >= 4 is 0 Å². The van der Waals surface area contributed by atoms with Crippen LogP contribution in [0.3, 0.4) is 0 Å². The molecule has 0 aliphatic rings. The van der Waals surface area contributed by atoms with E-state index in [1.807, 2.05) is 0 Å². The fourth-order valence-electron chi connectivity index (χ4n) is 1.29. The van der Waals surface area contributed by atoms with Crippen LogP contribution < -0.4 is 0 Å². The van der Waals surface area contributed by atoms with Gasteiger partial charge in [0.05, 0.1) is 0 Å². The van der Waals surface area contributed by atoms with Gasteiger partial charge in [0.25, 0.3) is 0 Å². The van der Waals surface area contributed by atoms with Crippen LogP contribution in [0.4, 0.5) is 13.2 Å². The zero-order valence-corrected chi connectivity index (χ0v) is 8.02. The zero-order chi connectivity index (χ0) is 11.6. The Kier molecular flexibility index (Phi) is 2.59. The Morgan fingerprint density at radius 2 is 1.81 bits per heavy atom. The maximum absolute atomic E-state index is 12.4. The number of tetrazole rings is 1. The van der Waals surface area contributed by atoms with Crippen LogP contribution in [0, 0.1) is 0 Å². The highest BCUT2D eigenvalue weighted by molar-refractivity contribution is 5.18. The van der Waals surface area contributed by atoms with Gasteiger partial charge in [-0.2, -0.15) is 0 Å². The number of hydrogen-bond acceptors (Lipinski definition) is 3. The number of benzene rings is 1. The van der Waals surface area contributed by atoms with Gasteiger partial charge in [0, 0.05) is 6.42 Å². The van der Waals surface area contributed by atoms with Crippen molar-refractivity contribution in [3.63, 3.8) is 0 Å². The average molecular weight is 228 g/mol.